The number of aromatic carboxylic acids is 1. The summed E-state index contributed by atoms with van der Waals surface area (Å²) in [6.07, 6.45) is 0. The fourth-order valence-electron chi connectivity index (χ4n) is 1.58. The number of carboxylic acids is 1. The number of carboxylic acid groups (broad SMARTS) is 1. The van der Waals surface area contributed by atoms with E-state index in [4.69, 9.17) is 11.6 Å². The molecular formula is C14H11ClO2S. The normalized spacial score (nSPS) is 10.3. The van der Waals surface area contributed by atoms with Crippen LogP contribution in [0, 0.1) is 6.92 Å². The van der Waals surface area contributed by atoms with E-state index in [0.717, 1.165) is 15.4 Å². The zero-order valence-electron chi connectivity index (χ0n) is 9.68. The fourth-order valence-corrected chi connectivity index (χ4v) is 2.71. The van der Waals surface area contributed by atoms with Crippen LogP contribution in [0.2, 0.25) is 5.02 Å². The van der Waals surface area contributed by atoms with Gasteiger partial charge in [-0.05, 0) is 42.8 Å². The Balaban J connectivity index is 2.39. The lowest BCUT2D eigenvalue weighted by molar-refractivity contribution is 0.0693. The van der Waals surface area contributed by atoms with Crippen LogP contribution in [0.15, 0.2) is 52.3 Å². The minimum Gasteiger partial charge on any atom is -0.478 e. The van der Waals surface area contributed by atoms with Crippen LogP contribution in [0.1, 0.15) is 15.9 Å². The number of hydrogen-bond acceptors (Lipinski definition) is 2. The van der Waals surface area contributed by atoms with Crippen LogP contribution < -0.4 is 0 Å². The molecule has 0 spiro atoms. The van der Waals surface area contributed by atoms with E-state index in [1.807, 2.05) is 25.1 Å². The molecule has 0 saturated carbocycles. The van der Waals surface area contributed by atoms with Crippen LogP contribution in [0.25, 0.3) is 0 Å². The van der Waals surface area contributed by atoms with Gasteiger partial charge in [0, 0.05) is 14.8 Å². The number of hydrogen-bond donors (Lipinski definition) is 1. The monoisotopic (exact) mass is 278 g/mol. The zero-order valence-corrected chi connectivity index (χ0v) is 11.3. The van der Waals surface area contributed by atoms with Gasteiger partial charge in [-0.25, -0.2) is 4.79 Å². The van der Waals surface area contributed by atoms with Crippen LogP contribution in [0.4, 0.5) is 0 Å². The van der Waals surface area contributed by atoms with Gasteiger partial charge in [-0.3, -0.25) is 0 Å². The highest BCUT2D eigenvalue weighted by Crippen LogP contribution is 2.33. The highest BCUT2D eigenvalue weighted by molar-refractivity contribution is 7.99. The Morgan fingerprint density at radius 3 is 2.44 bits per heavy atom. The molecule has 0 atom stereocenters. The molecule has 0 saturated heterocycles. The van der Waals surface area contributed by atoms with Crippen LogP contribution in [-0.2, 0) is 0 Å². The maximum atomic E-state index is 11.2. The van der Waals surface area contributed by atoms with Gasteiger partial charge in [0.15, 0.2) is 0 Å². The molecule has 2 nitrogen and oxygen atoms in total. The van der Waals surface area contributed by atoms with Crippen molar-refractivity contribution in [1.29, 1.82) is 0 Å². The summed E-state index contributed by atoms with van der Waals surface area (Å²) in [7, 11) is 0. The molecule has 2 aromatic rings. The number of benzene rings is 2. The summed E-state index contributed by atoms with van der Waals surface area (Å²) in [6.45, 7) is 1.91. The lowest BCUT2D eigenvalue weighted by Gasteiger charge is -2.09. The molecule has 0 bridgehead atoms. The van der Waals surface area contributed by atoms with Crippen LogP contribution in [-0.4, -0.2) is 11.1 Å². The number of rotatable bonds is 3. The molecule has 18 heavy (non-hydrogen) atoms. The molecule has 0 amide bonds. The fraction of sp³-hybridized carbons (Fsp3) is 0.0714. The first kappa shape index (κ1) is 13.0. The van der Waals surface area contributed by atoms with E-state index in [-0.39, 0.29) is 0 Å². The van der Waals surface area contributed by atoms with Crippen molar-refractivity contribution < 1.29 is 9.90 Å². The van der Waals surface area contributed by atoms with Gasteiger partial charge in [0.1, 0.15) is 0 Å². The highest BCUT2D eigenvalue weighted by atomic mass is 35.5. The van der Waals surface area contributed by atoms with Gasteiger partial charge in [-0.15, -0.1) is 0 Å². The van der Waals surface area contributed by atoms with E-state index in [1.54, 1.807) is 24.3 Å². The second-order valence-corrected chi connectivity index (χ2v) is 5.33. The van der Waals surface area contributed by atoms with Crippen molar-refractivity contribution in [2.45, 2.75) is 16.7 Å². The van der Waals surface area contributed by atoms with Gasteiger partial charge in [-0.2, -0.15) is 0 Å². The minimum absolute atomic E-state index is 0.329. The summed E-state index contributed by atoms with van der Waals surface area (Å²) < 4.78 is 0. The molecule has 4 heteroatoms. The SMILES string of the molecule is Cc1cccc(C(=O)O)c1Sc1ccc(Cl)cc1. The van der Waals surface area contributed by atoms with Gasteiger partial charge < -0.3 is 5.11 Å². The summed E-state index contributed by atoms with van der Waals surface area (Å²) >= 11 is 7.26. The second-order valence-electron chi connectivity index (χ2n) is 3.81. The zero-order chi connectivity index (χ0) is 13.1. The number of carbonyl (C=O) groups is 1. The summed E-state index contributed by atoms with van der Waals surface area (Å²) in [6, 6.07) is 12.6. The van der Waals surface area contributed by atoms with Crippen molar-refractivity contribution in [3.05, 3.63) is 58.6 Å². The third kappa shape index (κ3) is 2.86. The molecule has 0 aromatic heterocycles. The van der Waals surface area contributed by atoms with Crippen LogP contribution in [0.3, 0.4) is 0 Å². The Hall–Kier alpha value is -1.45. The molecule has 0 aliphatic rings. The van der Waals surface area contributed by atoms with Crippen molar-refractivity contribution in [2.24, 2.45) is 0 Å². The average Bonchev–Trinajstić information content (AvgIpc) is 2.34. The van der Waals surface area contributed by atoms with Crippen molar-refractivity contribution in [2.75, 3.05) is 0 Å². The first-order chi connectivity index (χ1) is 8.58. The van der Waals surface area contributed by atoms with Crippen LogP contribution >= 0.6 is 23.4 Å². The highest BCUT2D eigenvalue weighted by Gasteiger charge is 2.13. The molecule has 2 aromatic carbocycles. The Bertz CT molecular complexity index is 579. The summed E-state index contributed by atoms with van der Waals surface area (Å²) in [5.41, 5.74) is 1.28. The topological polar surface area (TPSA) is 37.3 Å². The van der Waals surface area contributed by atoms with Gasteiger partial charge in [-0.1, -0.05) is 35.5 Å². The molecule has 0 heterocycles. The van der Waals surface area contributed by atoms with E-state index >= 15 is 0 Å². The van der Waals surface area contributed by atoms with E-state index in [2.05, 4.69) is 0 Å². The maximum Gasteiger partial charge on any atom is 0.336 e. The summed E-state index contributed by atoms with van der Waals surface area (Å²) in [5.74, 6) is -0.907. The molecule has 1 N–H and O–H groups in total. The maximum absolute atomic E-state index is 11.2. The van der Waals surface area contributed by atoms with Crippen molar-refractivity contribution in [1.82, 2.24) is 0 Å². The van der Waals surface area contributed by atoms with Gasteiger partial charge in [0.2, 0.25) is 0 Å². The van der Waals surface area contributed by atoms with E-state index in [0.29, 0.717) is 10.6 Å². The summed E-state index contributed by atoms with van der Waals surface area (Å²) in [4.78, 5) is 12.9. The molecule has 0 fully saturated rings. The second kappa shape index (κ2) is 5.46. The molecular weight excluding hydrogens is 268 g/mol. The van der Waals surface area contributed by atoms with Crippen molar-refractivity contribution in [3.8, 4) is 0 Å². The predicted octanol–water partition coefficient (Wildman–Crippen LogP) is 4.50. The Kier molecular flexibility index (Phi) is 3.94. The van der Waals surface area contributed by atoms with E-state index < -0.39 is 5.97 Å². The van der Waals surface area contributed by atoms with E-state index in [1.165, 1.54) is 11.8 Å². The Morgan fingerprint density at radius 1 is 1.17 bits per heavy atom. The average molecular weight is 279 g/mol. The standard InChI is InChI=1S/C14H11ClO2S/c1-9-3-2-4-12(14(16)17)13(9)18-11-7-5-10(15)6-8-11/h2-8H,1H3,(H,16,17). The quantitative estimate of drug-likeness (QED) is 0.898. The first-order valence-corrected chi connectivity index (χ1v) is 6.53. The Labute approximate surface area is 115 Å². The third-order valence-corrected chi connectivity index (χ3v) is 3.98. The predicted molar refractivity (Wildman–Crippen MR) is 73.7 cm³/mol. The van der Waals surface area contributed by atoms with Crippen molar-refractivity contribution >= 4 is 29.3 Å². The summed E-state index contributed by atoms with van der Waals surface area (Å²) in [5, 5.41) is 9.85. The van der Waals surface area contributed by atoms with E-state index in [9.17, 15) is 9.90 Å². The molecule has 92 valence electrons. The molecule has 0 radical (unpaired) electrons. The molecule has 2 rings (SSSR count). The number of aryl methyl sites for hydroxylation is 1. The third-order valence-electron chi connectivity index (χ3n) is 2.48. The van der Waals surface area contributed by atoms with Crippen molar-refractivity contribution in [3.63, 3.8) is 0 Å². The Morgan fingerprint density at radius 2 is 1.83 bits per heavy atom. The molecule has 0 aliphatic carbocycles. The van der Waals surface area contributed by atoms with Gasteiger partial charge in [0.05, 0.1) is 5.56 Å². The minimum atomic E-state index is -0.907. The lowest BCUT2D eigenvalue weighted by Crippen LogP contribution is -1.99. The molecule has 0 unspecified atom stereocenters. The molecule has 0 aliphatic heterocycles. The first-order valence-electron chi connectivity index (χ1n) is 5.34. The smallest absolute Gasteiger partial charge is 0.336 e. The van der Waals surface area contributed by atoms with Gasteiger partial charge in [0.25, 0.3) is 0 Å². The van der Waals surface area contributed by atoms with Crippen LogP contribution in [0.5, 0.6) is 0 Å². The van der Waals surface area contributed by atoms with Gasteiger partial charge >= 0.3 is 5.97 Å². The lowest BCUT2D eigenvalue weighted by atomic mass is 10.1. The number of halogens is 1. The largest absolute Gasteiger partial charge is 0.478 e.